The van der Waals surface area contributed by atoms with Gasteiger partial charge in [-0.3, -0.25) is 4.79 Å². The van der Waals surface area contributed by atoms with Crippen molar-refractivity contribution in [3.63, 3.8) is 0 Å². The second kappa shape index (κ2) is 12.7. The summed E-state index contributed by atoms with van der Waals surface area (Å²) in [5.41, 5.74) is 0.0122. The molecule has 0 N–H and O–H groups in total. The van der Waals surface area contributed by atoms with Gasteiger partial charge in [-0.15, -0.1) is 0 Å². The molecular weight excluding hydrogens is 263 g/mol. The minimum atomic E-state index is -1.73. The van der Waals surface area contributed by atoms with E-state index in [2.05, 4.69) is 13.8 Å². The number of esters is 1. The van der Waals surface area contributed by atoms with Gasteiger partial charge in [-0.05, 0) is 12.8 Å². The lowest BCUT2D eigenvalue weighted by Crippen LogP contribution is -2.16. The van der Waals surface area contributed by atoms with Gasteiger partial charge in [0.15, 0.2) is 0 Å². The van der Waals surface area contributed by atoms with Gasteiger partial charge in [0, 0.05) is 25.4 Å². The van der Waals surface area contributed by atoms with Crippen LogP contribution < -0.4 is 0 Å². The Morgan fingerprint density at radius 1 is 1.16 bits per heavy atom. The number of hydrogen-bond acceptors (Lipinski definition) is 4. The molecule has 2 atom stereocenters. The summed E-state index contributed by atoms with van der Waals surface area (Å²) in [6.45, 7) is 7.20. The monoisotopic (exact) mass is 292 g/mol. The highest BCUT2D eigenvalue weighted by Gasteiger charge is 2.17. The van der Waals surface area contributed by atoms with Gasteiger partial charge in [0.2, 0.25) is 0 Å². The molecule has 0 fully saturated rings. The van der Waals surface area contributed by atoms with E-state index in [9.17, 15) is 9.36 Å². The molecule has 0 aliphatic heterocycles. The quantitative estimate of drug-likeness (QED) is 0.314. The Kier molecular flexibility index (Phi) is 12.5. The number of hydrogen-bond donors (Lipinski definition) is 0. The van der Waals surface area contributed by atoms with Gasteiger partial charge in [0.1, 0.15) is 6.61 Å². The average molecular weight is 292 g/mol. The van der Waals surface area contributed by atoms with Gasteiger partial charge in [-0.25, -0.2) is 0 Å². The van der Waals surface area contributed by atoms with Crippen LogP contribution in [0.15, 0.2) is 0 Å². The Morgan fingerprint density at radius 2 is 1.89 bits per heavy atom. The summed E-state index contributed by atoms with van der Waals surface area (Å²) in [5, 5.41) is 0. The fraction of sp³-hybridized carbons (Fsp3) is 0.929. The largest absolute Gasteiger partial charge is 0.465 e. The summed E-state index contributed by atoms with van der Waals surface area (Å²) < 4.78 is 22.6. The zero-order chi connectivity index (χ0) is 14.5. The summed E-state index contributed by atoms with van der Waals surface area (Å²) in [4.78, 5) is 10.8. The second-order valence-electron chi connectivity index (χ2n) is 4.82. The fourth-order valence-corrected chi connectivity index (χ4v) is 3.47. The van der Waals surface area contributed by atoms with Crippen LogP contribution in [0.4, 0.5) is 0 Å². The zero-order valence-corrected chi connectivity index (χ0v) is 13.6. The van der Waals surface area contributed by atoms with E-state index in [1.54, 1.807) is 0 Å². The lowest BCUT2D eigenvalue weighted by Gasteiger charge is -2.15. The van der Waals surface area contributed by atoms with Crippen LogP contribution in [0.3, 0.4) is 0 Å². The molecule has 4 nitrogen and oxygen atoms in total. The third-order valence-electron chi connectivity index (χ3n) is 2.97. The number of ether oxygens (including phenoxy) is 2. The van der Waals surface area contributed by atoms with Crippen molar-refractivity contribution in [1.82, 2.24) is 0 Å². The lowest BCUT2D eigenvalue weighted by molar-refractivity contribution is -0.140. The molecule has 0 bridgehead atoms. The van der Waals surface area contributed by atoms with Gasteiger partial charge < -0.3 is 14.0 Å². The van der Waals surface area contributed by atoms with Crippen LogP contribution in [-0.2, 0) is 18.8 Å². The van der Waals surface area contributed by atoms with E-state index in [1.807, 2.05) is 0 Å². The molecule has 19 heavy (non-hydrogen) atoms. The van der Waals surface area contributed by atoms with Crippen LogP contribution in [0.1, 0.15) is 52.9 Å². The van der Waals surface area contributed by atoms with Crippen molar-refractivity contribution in [2.45, 2.75) is 58.5 Å². The van der Waals surface area contributed by atoms with E-state index in [1.165, 1.54) is 19.8 Å². The molecule has 0 aliphatic rings. The predicted molar refractivity (Wildman–Crippen MR) is 79.5 cm³/mol. The third-order valence-corrected chi connectivity index (χ3v) is 5.03. The summed E-state index contributed by atoms with van der Waals surface area (Å²) >= 11 is 0. The maximum absolute atomic E-state index is 12.1. The van der Waals surface area contributed by atoms with Crippen LogP contribution in [0.2, 0.25) is 0 Å². The first-order valence-corrected chi connectivity index (χ1v) is 9.04. The highest BCUT2D eigenvalue weighted by Crippen LogP contribution is 2.31. The molecule has 0 spiro atoms. The molecule has 114 valence electrons. The molecule has 0 aliphatic carbocycles. The number of carbonyl (C=O) groups excluding carboxylic acids is 1. The molecule has 0 heterocycles. The topological polar surface area (TPSA) is 52.6 Å². The Bertz CT molecular complexity index is 256. The SMILES string of the molecule is CCCCCOCC[PH](=O)C(CCC)COC(C)=O. The van der Waals surface area contributed by atoms with Crippen molar-refractivity contribution in [1.29, 1.82) is 0 Å². The number of rotatable bonds is 12. The zero-order valence-electron chi connectivity index (χ0n) is 12.6. The van der Waals surface area contributed by atoms with Crippen LogP contribution in [0.25, 0.3) is 0 Å². The smallest absolute Gasteiger partial charge is 0.302 e. The summed E-state index contributed by atoms with van der Waals surface area (Å²) in [5.74, 6) is -0.299. The van der Waals surface area contributed by atoms with E-state index >= 15 is 0 Å². The van der Waals surface area contributed by atoms with Gasteiger partial charge >= 0.3 is 5.97 Å². The van der Waals surface area contributed by atoms with Crippen molar-refractivity contribution in [2.75, 3.05) is 26.0 Å². The summed E-state index contributed by atoms with van der Waals surface area (Å²) in [7, 11) is -1.73. The Labute approximate surface area is 118 Å². The average Bonchev–Trinajstić information content (AvgIpc) is 2.38. The van der Waals surface area contributed by atoms with Crippen molar-refractivity contribution in [2.24, 2.45) is 0 Å². The lowest BCUT2D eigenvalue weighted by atomic mass is 10.2. The van der Waals surface area contributed by atoms with E-state index in [-0.39, 0.29) is 18.2 Å². The van der Waals surface area contributed by atoms with Gasteiger partial charge in [0.05, 0.1) is 14.4 Å². The first-order valence-electron chi connectivity index (χ1n) is 7.35. The molecule has 0 aromatic carbocycles. The van der Waals surface area contributed by atoms with Crippen LogP contribution in [-0.4, -0.2) is 37.6 Å². The first-order chi connectivity index (χ1) is 9.11. The number of carbonyl (C=O) groups is 1. The molecule has 0 aromatic heterocycles. The van der Waals surface area contributed by atoms with E-state index in [0.717, 1.165) is 25.9 Å². The van der Waals surface area contributed by atoms with Gasteiger partial charge in [-0.2, -0.15) is 0 Å². The molecule has 0 saturated heterocycles. The standard InChI is InChI=1S/C14H29O4P/c1-4-6-7-9-17-10-11-19(16)14(8-5-2)12-18-13(3)15/h14,19H,4-12H2,1-3H3. The minimum absolute atomic E-state index is 0.0122. The maximum atomic E-state index is 12.1. The molecule has 0 aromatic rings. The maximum Gasteiger partial charge on any atom is 0.302 e. The molecule has 0 amide bonds. The van der Waals surface area contributed by atoms with Crippen LogP contribution >= 0.6 is 7.80 Å². The van der Waals surface area contributed by atoms with Crippen molar-refractivity contribution >= 4 is 13.8 Å². The third kappa shape index (κ3) is 11.2. The van der Waals surface area contributed by atoms with Gasteiger partial charge in [0.25, 0.3) is 0 Å². The molecule has 0 saturated carbocycles. The Hall–Kier alpha value is -0.340. The predicted octanol–water partition coefficient (Wildman–Crippen LogP) is 3.48. The van der Waals surface area contributed by atoms with Crippen molar-refractivity contribution in [3.05, 3.63) is 0 Å². The highest BCUT2D eigenvalue weighted by molar-refractivity contribution is 7.45. The van der Waals surface area contributed by atoms with Crippen molar-refractivity contribution in [3.8, 4) is 0 Å². The molecule has 2 unspecified atom stereocenters. The molecule has 5 heteroatoms. The second-order valence-corrected chi connectivity index (χ2v) is 7.07. The van der Waals surface area contributed by atoms with E-state index in [0.29, 0.717) is 12.8 Å². The first kappa shape index (κ1) is 18.7. The molecular formula is C14H29O4P. The fourth-order valence-electron chi connectivity index (χ4n) is 1.84. The normalized spacial score (nSPS) is 14.1. The van der Waals surface area contributed by atoms with E-state index < -0.39 is 7.80 Å². The van der Waals surface area contributed by atoms with Crippen LogP contribution in [0.5, 0.6) is 0 Å². The molecule has 0 radical (unpaired) electrons. The number of unbranched alkanes of at least 4 members (excludes halogenated alkanes) is 2. The Morgan fingerprint density at radius 3 is 2.47 bits per heavy atom. The van der Waals surface area contributed by atoms with Crippen LogP contribution in [0, 0.1) is 0 Å². The minimum Gasteiger partial charge on any atom is -0.465 e. The van der Waals surface area contributed by atoms with Crippen molar-refractivity contribution < 1.29 is 18.8 Å². The van der Waals surface area contributed by atoms with E-state index in [4.69, 9.17) is 9.47 Å². The van der Waals surface area contributed by atoms with Gasteiger partial charge in [-0.1, -0.05) is 33.1 Å². The highest BCUT2D eigenvalue weighted by atomic mass is 31.1. The Balaban J connectivity index is 3.80. The summed E-state index contributed by atoms with van der Waals surface area (Å²) in [6.07, 6.45) is 5.84. The summed E-state index contributed by atoms with van der Waals surface area (Å²) in [6, 6.07) is 0. The molecule has 0 rings (SSSR count).